The van der Waals surface area contributed by atoms with Gasteiger partial charge in [0.1, 0.15) is 5.58 Å². The van der Waals surface area contributed by atoms with E-state index in [2.05, 4.69) is 0 Å². The molecule has 0 saturated carbocycles. The van der Waals surface area contributed by atoms with Gasteiger partial charge in [0.05, 0.1) is 10.6 Å². The molecule has 2 rings (SSSR count). The van der Waals surface area contributed by atoms with E-state index in [1.165, 1.54) is 0 Å². The lowest BCUT2D eigenvalue weighted by Gasteiger charge is -2.05. The number of fused-ring (bicyclic) bond motifs is 1. The first kappa shape index (κ1) is 10.9. The molecule has 5 heteroatoms. The molecule has 0 aliphatic heterocycles. The molecular weight excluding hydrogens is 228 g/mol. The van der Waals surface area contributed by atoms with Gasteiger partial charge in [0.25, 0.3) is 0 Å². The predicted molar refractivity (Wildman–Crippen MR) is 60.9 cm³/mol. The minimum atomic E-state index is -0.840. The van der Waals surface area contributed by atoms with Crippen LogP contribution in [0.3, 0.4) is 0 Å². The molecule has 0 aliphatic rings. The largest absolute Gasteiger partial charge is 0.481 e. The Labute approximate surface area is 95.1 Å². The van der Waals surface area contributed by atoms with Crippen LogP contribution in [0.2, 0.25) is 0 Å². The highest BCUT2D eigenvalue weighted by atomic mass is 32.1. The molecule has 4 nitrogen and oxygen atoms in total. The van der Waals surface area contributed by atoms with Crippen LogP contribution in [0, 0.1) is 5.92 Å². The molecule has 0 spiro atoms. The average molecular weight is 238 g/mol. The maximum Gasteiger partial charge on any atom is 0.396 e. The monoisotopic (exact) mass is 238 g/mol. The second kappa shape index (κ2) is 4.09. The van der Waals surface area contributed by atoms with E-state index in [1.54, 1.807) is 19.1 Å². The number of rotatable bonds is 3. The summed E-state index contributed by atoms with van der Waals surface area (Å²) in [6.45, 7) is 1.64. The van der Waals surface area contributed by atoms with E-state index >= 15 is 0 Å². The van der Waals surface area contributed by atoms with Gasteiger partial charge in [-0.2, -0.15) is 0 Å². The molecule has 0 saturated heterocycles. The summed E-state index contributed by atoms with van der Waals surface area (Å²) in [5.41, 5.74) is 1.38. The van der Waals surface area contributed by atoms with Crippen molar-refractivity contribution in [2.75, 3.05) is 0 Å². The van der Waals surface area contributed by atoms with Crippen LogP contribution >= 0.6 is 11.3 Å². The lowest BCUT2D eigenvalue weighted by Crippen LogP contribution is -2.12. The third-order valence-corrected chi connectivity index (χ3v) is 3.30. The van der Waals surface area contributed by atoms with Crippen molar-refractivity contribution in [1.82, 2.24) is 0 Å². The van der Waals surface area contributed by atoms with Gasteiger partial charge in [-0.05, 0) is 18.1 Å². The number of hydrogen-bond acceptors (Lipinski definition) is 4. The van der Waals surface area contributed by atoms with Crippen molar-refractivity contribution in [1.29, 1.82) is 0 Å². The van der Waals surface area contributed by atoms with Crippen LogP contribution in [0.4, 0.5) is 0 Å². The molecule has 1 heterocycles. The molecule has 1 N–H and O–H groups in total. The highest BCUT2D eigenvalue weighted by Crippen LogP contribution is 2.23. The fourth-order valence-corrected chi connectivity index (χ4v) is 2.32. The Balaban J connectivity index is 2.44. The topological polar surface area (TPSA) is 67.5 Å². The van der Waals surface area contributed by atoms with E-state index < -0.39 is 11.9 Å². The Kier molecular flexibility index (Phi) is 2.78. The normalized spacial score (nSPS) is 12.8. The predicted octanol–water partition coefficient (Wildman–Crippen LogP) is 2.12. The summed E-state index contributed by atoms with van der Waals surface area (Å²) in [5, 5.41) is 8.84. The van der Waals surface area contributed by atoms with Gasteiger partial charge in [0, 0.05) is 0 Å². The van der Waals surface area contributed by atoms with Crippen LogP contribution < -0.4 is 4.94 Å². The fourth-order valence-electron chi connectivity index (χ4n) is 1.53. The van der Waals surface area contributed by atoms with Crippen molar-refractivity contribution >= 4 is 27.6 Å². The summed E-state index contributed by atoms with van der Waals surface area (Å²) in [4.78, 5) is 21.5. The summed E-state index contributed by atoms with van der Waals surface area (Å²) in [6, 6.07) is 5.30. The summed E-state index contributed by atoms with van der Waals surface area (Å²) in [6.07, 6.45) is 0.405. The molecule has 0 radical (unpaired) electrons. The van der Waals surface area contributed by atoms with E-state index in [-0.39, 0.29) is 4.94 Å². The van der Waals surface area contributed by atoms with Crippen LogP contribution in [0.5, 0.6) is 0 Å². The van der Waals surface area contributed by atoms with Crippen LogP contribution in [0.1, 0.15) is 12.5 Å². The summed E-state index contributed by atoms with van der Waals surface area (Å²) < 4.78 is 5.72. The number of carboxylic acids is 1. The first-order chi connectivity index (χ1) is 7.58. The highest BCUT2D eigenvalue weighted by molar-refractivity contribution is 7.16. The highest BCUT2D eigenvalue weighted by Gasteiger charge is 2.15. The molecule has 84 valence electrons. The lowest BCUT2D eigenvalue weighted by molar-refractivity contribution is -0.141. The zero-order valence-corrected chi connectivity index (χ0v) is 9.41. The van der Waals surface area contributed by atoms with Gasteiger partial charge >= 0.3 is 10.9 Å². The number of hydrogen-bond donors (Lipinski definition) is 1. The minimum absolute atomic E-state index is 0.356. The van der Waals surface area contributed by atoms with E-state index in [0.717, 1.165) is 21.6 Å². The van der Waals surface area contributed by atoms with E-state index in [4.69, 9.17) is 9.52 Å². The minimum Gasteiger partial charge on any atom is -0.481 e. The summed E-state index contributed by atoms with van der Waals surface area (Å²) >= 11 is 1.02. The lowest BCUT2D eigenvalue weighted by atomic mass is 10.0. The maximum absolute atomic E-state index is 11.1. The average Bonchev–Trinajstić information content (AvgIpc) is 2.59. The van der Waals surface area contributed by atoms with Gasteiger partial charge < -0.3 is 9.52 Å². The van der Waals surface area contributed by atoms with Gasteiger partial charge in [-0.15, -0.1) is 0 Å². The first-order valence-electron chi connectivity index (χ1n) is 4.82. The van der Waals surface area contributed by atoms with Crippen LogP contribution in [-0.4, -0.2) is 11.1 Å². The van der Waals surface area contributed by atoms with Crippen LogP contribution in [0.15, 0.2) is 27.4 Å². The van der Waals surface area contributed by atoms with Crippen molar-refractivity contribution < 1.29 is 14.3 Å². The van der Waals surface area contributed by atoms with Crippen molar-refractivity contribution in [3.8, 4) is 0 Å². The molecule has 0 aliphatic carbocycles. The molecule has 1 aromatic carbocycles. The van der Waals surface area contributed by atoms with Crippen molar-refractivity contribution in [3.05, 3.63) is 33.5 Å². The Bertz CT molecular complexity index is 581. The van der Waals surface area contributed by atoms with Crippen molar-refractivity contribution in [3.63, 3.8) is 0 Å². The van der Waals surface area contributed by atoms with Crippen molar-refractivity contribution in [2.24, 2.45) is 5.92 Å². The third kappa shape index (κ3) is 1.99. The van der Waals surface area contributed by atoms with Crippen LogP contribution in [-0.2, 0) is 11.2 Å². The van der Waals surface area contributed by atoms with Gasteiger partial charge in [-0.1, -0.05) is 30.4 Å². The molecule has 0 fully saturated rings. The molecule has 1 unspecified atom stereocenters. The standard InChI is InChI=1S/C11H10O4S/c1-6(10(12)13)5-7-3-2-4-8-9(7)16-11(14)15-8/h2-4,6H,5H2,1H3,(H,12,13). The van der Waals surface area contributed by atoms with E-state index in [9.17, 15) is 9.59 Å². The maximum atomic E-state index is 11.1. The van der Waals surface area contributed by atoms with Crippen LogP contribution in [0.25, 0.3) is 10.3 Å². The van der Waals surface area contributed by atoms with E-state index in [0.29, 0.717) is 12.0 Å². The Morgan fingerprint density at radius 3 is 3.00 bits per heavy atom. The van der Waals surface area contributed by atoms with E-state index in [1.807, 2.05) is 6.07 Å². The second-order valence-corrected chi connectivity index (χ2v) is 4.59. The first-order valence-corrected chi connectivity index (χ1v) is 5.64. The van der Waals surface area contributed by atoms with Gasteiger partial charge in [0.15, 0.2) is 0 Å². The number of carboxylic acid groups (broad SMARTS) is 1. The molecule has 2 aromatic rings. The number of carbonyl (C=O) groups is 1. The van der Waals surface area contributed by atoms with Gasteiger partial charge in [-0.25, -0.2) is 4.79 Å². The quantitative estimate of drug-likeness (QED) is 0.889. The second-order valence-electron chi connectivity index (χ2n) is 3.64. The summed E-state index contributed by atoms with van der Waals surface area (Å²) in [7, 11) is 0. The number of aliphatic carboxylic acids is 1. The van der Waals surface area contributed by atoms with Crippen molar-refractivity contribution in [2.45, 2.75) is 13.3 Å². The Morgan fingerprint density at radius 2 is 2.31 bits per heavy atom. The molecule has 1 aromatic heterocycles. The zero-order chi connectivity index (χ0) is 11.7. The van der Waals surface area contributed by atoms with Gasteiger partial charge in [0.2, 0.25) is 0 Å². The molecule has 0 bridgehead atoms. The third-order valence-electron chi connectivity index (χ3n) is 2.39. The molecular formula is C11H10O4S. The fraction of sp³-hybridized carbons (Fsp3) is 0.273. The Hall–Kier alpha value is -1.62. The zero-order valence-electron chi connectivity index (χ0n) is 8.60. The molecule has 1 atom stereocenters. The SMILES string of the molecule is CC(Cc1cccc2oc(=O)sc12)C(=O)O. The number of benzene rings is 1. The molecule has 0 amide bonds. The Morgan fingerprint density at radius 1 is 1.56 bits per heavy atom. The summed E-state index contributed by atoms with van der Waals surface area (Å²) in [5.74, 6) is -1.31. The molecule has 16 heavy (non-hydrogen) atoms. The smallest absolute Gasteiger partial charge is 0.396 e. The van der Waals surface area contributed by atoms with Gasteiger partial charge in [-0.3, -0.25) is 4.79 Å².